The number of nitrogens with one attached hydrogen (secondary N) is 1. The molecule has 1 N–H and O–H groups in total. The Balaban J connectivity index is 1.40. The number of ether oxygens (including phenoxy) is 3. The Hall–Kier alpha value is -3.34. The molecule has 39 heavy (non-hydrogen) atoms. The first-order valence-corrected chi connectivity index (χ1v) is 13.7. The molecule has 1 unspecified atom stereocenters. The average Bonchev–Trinajstić information content (AvgIpc) is 3.35. The number of aromatic nitrogens is 4. The minimum atomic E-state index is -0.509. The SMILES string of the molecule is [B]c1cc(-c2nc(N3CCC(CNC(=O)OC(C)(C)C)CC3)nc3c2ncn3C2CCCCO2)ccc1OC. The molecule has 10 nitrogen and oxygen atoms in total. The van der Waals surface area contributed by atoms with E-state index < -0.39 is 5.60 Å². The van der Waals surface area contributed by atoms with Crippen LogP contribution in [0, 0.1) is 5.92 Å². The van der Waals surface area contributed by atoms with Gasteiger partial charge in [0.1, 0.15) is 36.6 Å². The molecule has 2 aromatic heterocycles. The number of anilines is 1. The number of hydrogen-bond donors (Lipinski definition) is 1. The fourth-order valence-electron chi connectivity index (χ4n) is 5.16. The molecule has 0 aliphatic carbocycles. The lowest BCUT2D eigenvalue weighted by molar-refractivity contribution is -0.0298. The van der Waals surface area contributed by atoms with Gasteiger partial charge in [0.2, 0.25) is 5.95 Å². The highest BCUT2D eigenvalue weighted by atomic mass is 16.6. The Morgan fingerprint density at radius 2 is 1.97 bits per heavy atom. The minimum Gasteiger partial charge on any atom is -0.497 e. The quantitative estimate of drug-likeness (QED) is 0.479. The van der Waals surface area contributed by atoms with E-state index in [1.54, 1.807) is 7.11 Å². The third-order valence-electron chi connectivity index (χ3n) is 7.21. The van der Waals surface area contributed by atoms with E-state index in [4.69, 9.17) is 37.0 Å². The van der Waals surface area contributed by atoms with Gasteiger partial charge in [-0.2, -0.15) is 4.98 Å². The summed E-state index contributed by atoms with van der Waals surface area (Å²) in [4.78, 5) is 29.0. The van der Waals surface area contributed by atoms with Gasteiger partial charge in [-0.3, -0.25) is 4.57 Å². The zero-order valence-corrected chi connectivity index (χ0v) is 23.3. The molecular formula is C28H37BN6O4. The van der Waals surface area contributed by atoms with Gasteiger partial charge in [-0.25, -0.2) is 14.8 Å². The van der Waals surface area contributed by atoms with Crippen LogP contribution in [0.3, 0.4) is 0 Å². The molecule has 2 radical (unpaired) electrons. The largest absolute Gasteiger partial charge is 0.497 e. The Labute approximate surface area is 230 Å². The maximum atomic E-state index is 12.1. The molecule has 0 bridgehead atoms. The highest BCUT2D eigenvalue weighted by molar-refractivity contribution is 6.34. The number of nitrogens with zero attached hydrogens (tertiary/aromatic N) is 5. The molecule has 1 amide bonds. The van der Waals surface area contributed by atoms with Crippen molar-refractivity contribution in [3.63, 3.8) is 0 Å². The Morgan fingerprint density at radius 3 is 2.64 bits per heavy atom. The van der Waals surface area contributed by atoms with Gasteiger partial charge in [-0.1, -0.05) is 11.5 Å². The monoisotopic (exact) mass is 532 g/mol. The minimum absolute atomic E-state index is 0.0926. The Bertz CT molecular complexity index is 1310. The van der Waals surface area contributed by atoms with E-state index in [1.165, 1.54) is 0 Å². The molecule has 11 heteroatoms. The standard InChI is InChI=1S/C28H37BN6O4/c1-28(2,3)39-27(36)30-16-18-10-12-34(13-11-18)26-32-23(19-8-9-21(37-4)20(29)15-19)24-25(33-26)35(17-31-24)22-7-5-6-14-38-22/h8-9,15,17-18,22H,5-7,10-14,16H2,1-4H3,(H,30,36). The number of piperidine rings is 1. The summed E-state index contributed by atoms with van der Waals surface area (Å²) < 4.78 is 18.8. The summed E-state index contributed by atoms with van der Waals surface area (Å²) in [5, 5.41) is 2.91. The molecule has 4 heterocycles. The first kappa shape index (κ1) is 27.2. The smallest absolute Gasteiger partial charge is 0.407 e. The summed E-state index contributed by atoms with van der Waals surface area (Å²) in [6.45, 7) is 8.48. The number of hydrogen-bond acceptors (Lipinski definition) is 8. The van der Waals surface area contributed by atoms with Gasteiger partial charge in [-0.15, -0.1) is 0 Å². The molecule has 0 spiro atoms. The molecule has 0 saturated carbocycles. The van der Waals surface area contributed by atoms with Crippen molar-refractivity contribution in [2.24, 2.45) is 5.92 Å². The van der Waals surface area contributed by atoms with Crippen LogP contribution in [0.4, 0.5) is 10.7 Å². The third kappa shape index (κ3) is 6.29. The fourth-order valence-corrected chi connectivity index (χ4v) is 5.16. The molecule has 1 atom stereocenters. The second kappa shape index (κ2) is 11.4. The van der Waals surface area contributed by atoms with Crippen LogP contribution in [0.25, 0.3) is 22.4 Å². The Morgan fingerprint density at radius 1 is 1.18 bits per heavy atom. The van der Waals surface area contributed by atoms with Crippen molar-refractivity contribution >= 4 is 36.5 Å². The summed E-state index contributed by atoms with van der Waals surface area (Å²) in [6, 6.07) is 5.67. The highest BCUT2D eigenvalue weighted by Gasteiger charge is 2.26. The maximum Gasteiger partial charge on any atom is 0.407 e. The van der Waals surface area contributed by atoms with Gasteiger partial charge < -0.3 is 24.4 Å². The van der Waals surface area contributed by atoms with Crippen LogP contribution in [-0.4, -0.2) is 72.4 Å². The summed E-state index contributed by atoms with van der Waals surface area (Å²) in [5.41, 5.74) is 3.08. The second-order valence-electron chi connectivity index (χ2n) is 11.3. The van der Waals surface area contributed by atoms with E-state index in [9.17, 15) is 4.79 Å². The number of amides is 1. The lowest BCUT2D eigenvalue weighted by atomic mass is 9.92. The molecule has 1 aromatic carbocycles. The fraction of sp³-hybridized carbons (Fsp3) is 0.571. The number of benzene rings is 1. The lowest BCUT2D eigenvalue weighted by Gasteiger charge is -2.32. The zero-order chi connectivity index (χ0) is 27.6. The van der Waals surface area contributed by atoms with Gasteiger partial charge in [0, 0.05) is 31.8 Å². The summed E-state index contributed by atoms with van der Waals surface area (Å²) in [6.07, 6.45) is 6.26. The van der Waals surface area contributed by atoms with Crippen molar-refractivity contribution in [2.75, 3.05) is 38.3 Å². The molecular weight excluding hydrogens is 495 g/mol. The van der Waals surface area contributed by atoms with E-state index in [1.807, 2.05) is 49.9 Å². The highest BCUT2D eigenvalue weighted by Crippen LogP contribution is 2.32. The normalized spacial score (nSPS) is 18.8. The average molecular weight is 532 g/mol. The van der Waals surface area contributed by atoms with Gasteiger partial charge in [0.05, 0.1) is 13.4 Å². The summed E-state index contributed by atoms with van der Waals surface area (Å²) in [7, 11) is 7.85. The van der Waals surface area contributed by atoms with E-state index in [-0.39, 0.29) is 12.3 Å². The molecule has 5 rings (SSSR count). The van der Waals surface area contributed by atoms with Crippen LogP contribution >= 0.6 is 0 Å². The topological polar surface area (TPSA) is 104 Å². The maximum absolute atomic E-state index is 12.1. The van der Waals surface area contributed by atoms with Crippen LogP contribution in [0.5, 0.6) is 5.75 Å². The molecule has 3 aromatic rings. The van der Waals surface area contributed by atoms with Crippen molar-refractivity contribution in [3.8, 4) is 17.0 Å². The lowest BCUT2D eigenvalue weighted by Crippen LogP contribution is -2.40. The predicted molar refractivity (Wildman–Crippen MR) is 151 cm³/mol. The van der Waals surface area contributed by atoms with Gasteiger partial charge in [-0.05, 0) is 70.9 Å². The van der Waals surface area contributed by atoms with Crippen molar-refractivity contribution in [1.82, 2.24) is 24.8 Å². The number of fused-ring (bicyclic) bond motifs is 1. The summed E-state index contributed by atoms with van der Waals surface area (Å²) in [5.74, 6) is 1.63. The van der Waals surface area contributed by atoms with Crippen molar-refractivity contribution in [3.05, 3.63) is 24.5 Å². The van der Waals surface area contributed by atoms with Gasteiger partial charge in [0.25, 0.3) is 0 Å². The number of alkyl carbamates (subject to hydrolysis) is 1. The third-order valence-corrected chi connectivity index (χ3v) is 7.21. The van der Waals surface area contributed by atoms with E-state index in [0.29, 0.717) is 35.1 Å². The Kier molecular flexibility index (Phi) is 7.97. The molecule has 2 aliphatic heterocycles. The molecule has 206 valence electrons. The summed E-state index contributed by atoms with van der Waals surface area (Å²) >= 11 is 0. The number of methoxy groups -OCH3 is 1. The predicted octanol–water partition coefficient (Wildman–Crippen LogP) is 3.74. The van der Waals surface area contributed by atoms with Gasteiger partial charge >= 0.3 is 6.09 Å². The van der Waals surface area contributed by atoms with Crippen molar-refractivity contribution in [2.45, 2.75) is 64.7 Å². The van der Waals surface area contributed by atoms with Crippen molar-refractivity contribution < 1.29 is 19.0 Å². The zero-order valence-electron chi connectivity index (χ0n) is 23.3. The second-order valence-corrected chi connectivity index (χ2v) is 11.3. The first-order valence-electron chi connectivity index (χ1n) is 13.7. The van der Waals surface area contributed by atoms with Gasteiger partial charge in [0.15, 0.2) is 5.65 Å². The number of carbonyl (C=O) groups is 1. The van der Waals surface area contributed by atoms with Crippen LogP contribution in [0.15, 0.2) is 24.5 Å². The molecule has 2 aliphatic rings. The molecule has 2 fully saturated rings. The van der Waals surface area contributed by atoms with Crippen LogP contribution in [0.1, 0.15) is 59.1 Å². The van der Waals surface area contributed by atoms with E-state index in [0.717, 1.165) is 68.7 Å². The first-order chi connectivity index (χ1) is 18.7. The van der Waals surface area contributed by atoms with Crippen LogP contribution in [0.2, 0.25) is 0 Å². The van der Waals surface area contributed by atoms with Crippen LogP contribution in [-0.2, 0) is 9.47 Å². The number of carbonyl (C=O) groups excluding carboxylic acids is 1. The molecule has 2 saturated heterocycles. The van der Waals surface area contributed by atoms with Crippen molar-refractivity contribution in [1.29, 1.82) is 0 Å². The number of imidazole rings is 1. The van der Waals surface area contributed by atoms with Crippen LogP contribution < -0.4 is 20.4 Å². The van der Waals surface area contributed by atoms with E-state index in [2.05, 4.69) is 10.2 Å². The number of rotatable bonds is 6. The van der Waals surface area contributed by atoms with E-state index >= 15 is 0 Å².